The van der Waals surface area contributed by atoms with E-state index in [9.17, 15) is 4.79 Å². The zero-order valence-electron chi connectivity index (χ0n) is 9.87. The van der Waals surface area contributed by atoms with Gasteiger partial charge in [0.1, 0.15) is 0 Å². The van der Waals surface area contributed by atoms with Gasteiger partial charge in [0.2, 0.25) is 0 Å². The SMILES string of the molecule is CC(C)C[C@H](CN)CC(=O)OCC1CC1. The molecule has 1 rings (SSSR count). The van der Waals surface area contributed by atoms with Crippen LogP contribution in [0.5, 0.6) is 0 Å². The third-order valence-corrected chi connectivity index (χ3v) is 2.77. The first kappa shape index (κ1) is 12.5. The highest BCUT2D eigenvalue weighted by Gasteiger charge is 2.23. The third kappa shape index (κ3) is 5.78. The minimum absolute atomic E-state index is 0.0713. The summed E-state index contributed by atoms with van der Waals surface area (Å²) in [6, 6.07) is 0. The first-order valence-electron chi connectivity index (χ1n) is 5.97. The molecular formula is C12H23NO2. The van der Waals surface area contributed by atoms with Crippen molar-refractivity contribution in [2.75, 3.05) is 13.2 Å². The molecule has 0 spiro atoms. The van der Waals surface area contributed by atoms with Gasteiger partial charge in [0.15, 0.2) is 0 Å². The molecular weight excluding hydrogens is 190 g/mol. The maximum absolute atomic E-state index is 11.4. The predicted octanol–water partition coefficient (Wildman–Crippen LogP) is 1.95. The molecule has 1 atom stereocenters. The molecule has 15 heavy (non-hydrogen) atoms. The Hall–Kier alpha value is -0.570. The van der Waals surface area contributed by atoms with Crippen LogP contribution in [0.25, 0.3) is 0 Å². The van der Waals surface area contributed by atoms with E-state index in [0.717, 1.165) is 6.42 Å². The van der Waals surface area contributed by atoms with Gasteiger partial charge in [0.25, 0.3) is 0 Å². The topological polar surface area (TPSA) is 52.3 Å². The zero-order valence-corrected chi connectivity index (χ0v) is 9.87. The second kappa shape index (κ2) is 6.11. The number of rotatable bonds is 7. The molecule has 0 saturated heterocycles. The number of esters is 1. The van der Waals surface area contributed by atoms with Gasteiger partial charge in [-0.25, -0.2) is 0 Å². The van der Waals surface area contributed by atoms with E-state index in [1.165, 1.54) is 12.8 Å². The quantitative estimate of drug-likeness (QED) is 0.658. The Balaban J connectivity index is 2.14. The van der Waals surface area contributed by atoms with E-state index in [4.69, 9.17) is 10.5 Å². The smallest absolute Gasteiger partial charge is 0.306 e. The largest absolute Gasteiger partial charge is 0.465 e. The Morgan fingerprint density at radius 3 is 2.60 bits per heavy atom. The first-order chi connectivity index (χ1) is 7.11. The van der Waals surface area contributed by atoms with E-state index >= 15 is 0 Å². The van der Waals surface area contributed by atoms with Gasteiger partial charge in [-0.2, -0.15) is 0 Å². The van der Waals surface area contributed by atoms with Gasteiger partial charge in [-0.05, 0) is 43.6 Å². The standard InChI is InChI=1S/C12H23NO2/c1-9(2)5-11(7-13)6-12(14)15-8-10-3-4-10/h9-11H,3-8,13H2,1-2H3/t11-/m0/s1. The molecule has 2 N–H and O–H groups in total. The van der Waals surface area contributed by atoms with Crippen molar-refractivity contribution in [3.8, 4) is 0 Å². The number of carbonyl (C=O) groups excluding carboxylic acids is 1. The fraction of sp³-hybridized carbons (Fsp3) is 0.917. The molecule has 1 fully saturated rings. The summed E-state index contributed by atoms with van der Waals surface area (Å²) in [6.45, 7) is 5.50. The lowest BCUT2D eigenvalue weighted by Gasteiger charge is -2.15. The summed E-state index contributed by atoms with van der Waals surface area (Å²) >= 11 is 0. The van der Waals surface area contributed by atoms with Crippen LogP contribution in [0, 0.1) is 17.8 Å². The van der Waals surface area contributed by atoms with Gasteiger partial charge in [0.05, 0.1) is 6.61 Å². The Bertz CT molecular complexity index is 200. The summed E-state index contributed by atoms with van der Waals surface area (Å²) in [4.78, 5) is 11.4. The maximum atomic E-state index is 11.4. The summed E-state index contributed by atoms with van der Waals surface area (Å²) in [6.07, 6.45) is 3.94. The molecule has 0 unspecified atom stereocenters. The van der Waals surface area contributed by atoms with E-state index < -0.39 is 0 Å². The molecule has 0 heterocycles. The molecule has 88 valence electrons. The lowest BCUT2D eigenvalue weighted by Crippen LogP contribution is -2.21. The van der Waals surface area contributed by atoms with Crippen LogP contribution in [0.4, 0.5) is 0 Å². The van der Waals surface area contributed by atoms with Crippen molar-refractivity contribution in [1.82, 2.24) is 0 Å². The van der Waals surface area contributed by atoms with Crippen molar-refractivity contribution >= 4 is 5.97 Å². The molecule has 0 aliphatic heterocycles. The highest BCUT2D eigenvalue weighted by molar-refractivity contribution is 5.69. The Kier molecular flexibility index (Phi) is 5.09. The van der Waals surface area contributed by atoms with Gasteiger partial charge < -0.3 is 10.5 Å². The molecule has 1 aliphatic carbocycles. The van der Waals surface area contributed by atoms with Crippen LogP contribution in [-0.4, -0.2) is 19.1 Å². The number of nitrogens with two attached hydrogens (primary N) is 1. The molecule has 0 aromatic carbocycles. The molecule has 3 heteroatoms. The van der Waals surface area contributed by atoms with Gasteiger partial charge in [0, 0.05) is 6.42 Å². The minimum atomic E-state index is -0.0713. The monoisotopic (exact) mass is 213 g/mol. The summed E-state index contributed by atoms with van der Waals surface area (Å²) in [5.41, 5.74) is 5.63. The van der Waals surface area contributed by atoms with E-state index in [0.29, 0.717) is 31.4 Å². The summed E-state index contributed by atoms with van der Waals surface area (Å²) in [5, 5.41) is 0. The van der Waals surface area contributed by atoms with E-state index in [1.807, 2.05) is 0 Å². The Morgan fingerprint density at radius 2 is 2.13 bits per heavy atom. The normalized spacial score (nSPS) is 17.9. The molecule has 0 bridgehead atoms. The number of carbonyl (C=O) groups is 1. The van der Waals surface area contributed by atoms with Crippen LogP contribution >= 0.6 is 0 Å². The van der Waals surface area contributed by atoms with E-state index in [-0.39, 0.29) is 11.9 Å². The molecule has 0 aromatic rings. The number of hydrogen-bond acceptors (Lipinski definition) is 3. The molecule has 1 aliphatic rings. The molecule has 0 aromatic heterocycles. The van der Waals surface area contributed by atoms with Crippen LogP contribution in [0.15, 0.2) is 0 Å². The highest BCUT2D eigenvalue weighted by atomic mass is 16.5. The summed E-state index contributed by atoms with van der Waals surface area (Å²) in [5.74, 6) is 1.46. The average molecular weight is 213 g/mol. The third-order valence-electron chi connectivity index (χ3n) is 2.77. The molecule has 3 nitrogen and oxygen atoms in total. The zero-order chi connectivity index (χ0) is 11.3. The van der Waals surface area contributed by atoms with Crippen LogP contribution < -0.4 is 5.73 Å². The van der Waals surface area contributed by atoms with Crippen molar-refractivity contribution in [1.29, 1.82) is 0 Å². The van der Waals surface area contributed by atoms with Crippen molar-refractivity contribution in [2.45, 2.75) is 39.5 Å². The predicted molar refractivity (Wildman–Crippen MR) is 60.3 cm³/mol. The van der Waals surface area contributed by atoms with E-state index in [1.54, 1.807) is 0 Å². The second-order valence-electron chi connectivity index (χ2n) is 5.06. The Morgan fingerprint density at radius 1 is 1.47 bits per heavy atom. The fourth-order valence-electron chi connectivity index (χ4n) is 1.72. The van der Waals surface area contributed by atoms with Gasteiger partial charge in [-0.3, -0.25) is 4.79 Å². The van der Waals surface area contributed by atoms with Gasteiger partial charge in [-0.15, -0.1) is 0 Å². The number of ether oxygens (including phenoxy) is 1. The van der Waals surface area contributed by atoms with Crippen molar-refractivity contribution in [3.63, 3.8) is 0 Å². The lowest BCUT2D eigenvalue weighted by atomic mass is 9.94. The van der Waals surface area contributed by atoms with Crippen molar-refractivity contribution in [3.05, 3.63) is 0 Å². The van der Waals surface area contributed by atoms with Crippen LogP contribution in [0.2, 0.25) is 0 Å². The van der Waals surface area contributed by atoms with Crippen LogP contribution in [-0.2, 0) is 9.53 Å². The van der Waals surface area contributed by atoms with Crippen LogP contribution in [0.3, 0.4) is 0 Å². The average Bonchev–Trinajstić information content (AvgIpc) is 2.96. The second-order valence-corrected chi connectivity index (χ2v) is 5.06. The summed E-state index contributed by atoms with van der Waals surface area (Å²) < 4.78 is 5.19. The molecule has 1 saturated carbocycles. The Labute approximate surface area is 92.4 Å². The number of hydrogen-bond donors (Lipinski definition) is 1. The van der Waals surface area contributed by atoms with E-state index in [2.05, 4.69) is 13.8 Å². The van der Waals surface area contributed by atoms with Gasteiger partial charge >= 0.3 is 5.97 Å². The van der Waals surface area contributed by atoms with Crippen molar-refractivity contribution in [2.24, 2.45) is 23.5 Å². The van der Waals surface area contributed by atoms with Crippen LogP contribution in [0.1, 0.15) is 39.5 Å². The molecule has 0 radical (unpaired) electrons. The highest BCUT2D eigenvalue weighted by Crippen LogP contribution is 2.29. The molecule has 0 amide bonds. The van der Waals surface area contributed by atoms with Crippen molar-refractivity contribution < 1.29 is 9.53 Å². The lowest BCUT2D eigenvalue weighted by molar-refractivity contribution is -0.145. The summed E-state index contributed by atoms with van der Waals surface area (Å²) in [7, 11) is 0. The fourth-order valence-corrected chi connectivity index (χ4v) is 1.72. The first-order valence-corrected chi connectivity index (χ1v) is 5.97. The minimum Gasteiger partial charge on any atom is -0.465 e. The van der Waals surface area contributed by atoms with Gasteiger partial charge in [-0.1, -0.05) is 13.8 Å². The maximum Gasteiger partial charge on any atom is 0.306 e.